The van der Waals surface area contributed by atoms with Crippen LogP contribution in [0.1, 0.15) is 11.1 Å². The quantitative estimate of drug-likeness (QED) is 0.856. The fourth-order valence-corrected chi connectivity index (χ4v) is 1.52. The van der Waals surface area contributed by atoms with E-state index in [4.69, 9.17) is 10.5 Å². The van der Waals surface area contributed by atoms with Crippen LogP contribution in [0.2, 0.25) is 0 Å². The lowest BCUT2D eigenvalue weighted by Gasteiger charge is -2.06. The Hall–Kier alpha value is -2.38. The highest BCUT2D eigenvalue weighted by Gasteiger charge is 1.99. The highest BCUT2D eigenvalue weighted by Crippen LogP contribution is 2.14. The summed E-state index contributed by atoms with van der Waals surface area (Å²) in [4.78, 5) is 3.76. The summed E-state index contributed by atoms with van der Waals surface area (Å²) in [6.07, 6.45) is 2.73. The fraction of sp³-hybridized carbons (Fsp3) is 0.133. The molecule has 1 aromatic carbocycles. The topological polar surface area (TPSA) is 48.1 Å². The lowest BCUT2D eigenvalue weighted by Crippen LogP contribution is -1.97. The van der Waals surface area contributed by atoms with Crippen molar-refractivity contribution in [3.05, 3.63) is 59.7 Å². The highest BCUT2D eigenvalue weighted by molar-refractivity contribution is 5.39. The van der Waals surface area contributed by atoms with E-state index in [1.807, 2.05) is 24.3 Å². The van der Waals surface area contributed by atoms with Crippen LogP contribution in [0.4, 0.5) is 4.39 Å². The Labute approximate surface area is 111 Å². The van der Waals surface area contributed by atoms with Gasteiger partial charge in [0.1, 0.15) is 18.2 Å². The third-order valence-electron chi connectivity index (χ3n) is 2.34. The maximum atomic E-state index is 12.9. The van der Waals surface area contributed by atoms with E-state index in [-0.39, 0.29) is 12.4 Å². The summed E-state index contributed by atoms with van der Waals surface area (Å²) in [5.41, 5.74) is 6.83. The average molecular weight is 256 g/mol. The molecule has 0 aliphatic heterocycles. The molecule has 0 unspecified atom stereocenters. The molecule has 0 saturated carbocycles. The van der Waals surface area contributed by atoms with Crippen molar-refractivity contribution in [2.45, 2.75) is 6.61 Å². The van der Waals surface area contributed by atoms with Crippen LogP contribution in [0.15, 0.2) is 42.7 Å². The van der Waals surface area contributed by atoms with Gasteiger partial charge >= 0.3 is 0 Å². The second-order valence-electron chi connectivity index (χ2n) is 3.83. The summed E-state index contributed by atoms with van der Waals surface area (Å²) in [6, 6.07) is 8.75. The standard InChI is InChI=1S/C15H13FN2O/c16-14-7-13(9-18-10-14)11-19-15-5-1-3-12(8-15)4-2-6-17/h1,3,5,7-10H,6,11,17H2. The van der Waals surface area contributed by atoms with E-state index >= 15 is 0 Å². The molecule has 0 amide bonds. The minimum atomic E-state index is -0.372. The number of halogens is 1. The van der Waals surface area contributed by atoms with Gasteiger partial charge in [-0.25, -0.2) is 4.39 Å². The van der Waals surface area contributed by atoms with Crippen LogP contribution in [0.25, 0.3) is 0 Å². The summed E-state index contributed by atoms with van der Waals surface area (Å²) >= 11 is 0. The first-order valence-electron chi connectivity index (χ1n) is 5.79. The lowest BCUT2D eigenvalue weighted by molar-refractivity contribution is 0.305. The minimum Gasteiger partial charge on any atom is -0.489 e. The Balaban J connectivity index is 2.03. The molecule has 0 atom stereocenters. The number of hydrogen-bond donors (Lipinski definition) is 1. The van der Waals surface area contributed by atoms with Gasteiger partial charge in [-0.05, 0) is 24.3 Å². The maximum absolute atomic E-state index is 12.9. The number of nitrogens with two attached hydrogens (primary N) is 1. The van der Waals surface area contributed by atoms with Crippen molar-refractivity contribution >= 4 is 0 Å². The number of pyridine rings is 1. The van der Waals surface area contributed by atoms with Gasteiger partial charge in [-0.3, -0.25) is 4.98 Å². The van der Waals surface area contributed by atoms with E-state index in [9.17, 15) is 4.39 Å². The van der Waals surface area contributed by atoms with E-state index in [0.717, 1.165) is 11.8 Å². The van der Waals surface area contributed by atoms with Crippen LogP contribution in [-0.2, 0) is 6.61 Å². The normalized spacial score (nSPS) is 9.58. The third-order valence-corrected chi connectivity index (χ3v) is 2.34. The van der Waals surface area contributed by atoms with Crippen molar-refractivity contribution in [1.82, 2.24) is 4.98 Å². The zero-order valence-corrected chi connectivity index (χ0v) is 10.3. The van der Waals surface area contributed by atoms with Crippen molar-refractivity contribution in [3.8, 4) is 17.6 Å². The second-order valence-corrected chi connectivity index (χ2v) is 3.83. The van der Waals surface area contributed by atoms with Gasteiger partial charge in [0.15, 0.2) is 0 Å². The SMILES string of the molecule is NCC#Cc1cccc(OCc2cncc(F)c2)c1. The Morgan fingerprint density at radius 1 is 1.26 bits per heavy atom. The molecule has 96 valence electrons. The Morgan fingerprint density at radius 3 is 2.95 bits per heavy atom. The van der Waals surface area contributed by atoms with Crippen molar-refractivity contribution < 1.29 is 9.13 Å². The first-order valence-corrected chi connectivity index (χ1v) is 5.79. The van der Waals surface area contributed by atoms with Gasteiger partial charge in [-0.2, -0.15) is 0 Å². The van der Waals surface area contributed by atoms with E-state index in [2.05, 4.69) is 16.8 Å². The van der Waals surface area contributed by atoms with E-state index < -0.39 is 0 Å². The van der Waals surface area contributed by atoms with E-state index in [1.165, 1.54) is 6.07 Å². The van der Waals surface area contributed by atoms with Crippen LogP contribution < -0.4 is 10.5 Å². The van der Waals surface area contributed by atoms with Crippen molar-refractivity contribution in [1.29, 1.82) is 0 Å². The molecular weight excluding hydrogens is 243 g/mol. The largest absolute Gasteiger partial charge is 0.489 e. The van der Waals surface area contributed by atoms with Gasteiger partial charge in [-0.1, -0.05) is 17.9 Å². The van der Waals surface area contributed by atoms with Gasteiger partial charge in [0.2, 0.25) is 0 Å². The first kappa shape index (κ1) is 13.1. The first-order chi connectivity index (χ1) is 9.28. The molecule has 2 rings (SSSR count). The monoisotopic (exact) mass is 256 g/mol. The smallest absolute Gasteiger partial charge is 0.141 e. The molecule has 0 spiro atoms. The number of aromatic nitrogens is 1. The van der Waals surface area contributed by atoms with E-state index in [1.54, 1.807) is 6.20 Å². The molecule has 0 aliphatic rings. The average Bonchev–Trinajstić information content (AvgIpc) is 2.43. The van der Waals surface area contributed by atoms with Crippen LogP contribution in [-0.4, -0.2) is 11.5 Å². The molecule has 2 N–H and O–H groups in total. The molecular formula is C15H13FN2O. The predicted octanol–water partition coefficient (Wildman–Crippen LogP) is 2.11. The minimum absolute atomic E-state index is 0.262. The summed E-state index contributed by atoms with van der Waals surface area (Å²) in [6.45, 7) is 0.582. The Kier molecular flexibility index (Phi) is 4.49. The molecule has 4 heteroatoms. The second kappa shape index (κ2) is 6.53. The lowest BCUT2D eigenvalue weighted by atomic mass is 10.2. The number of ether oxygens (including phenoxy) is 1. The number of hydrogen-bond acceptors (Lipinski definition) is 3. The molecule has 1 aromatic heterocycles. The maximum Gasteiger partial charge on any atom is 0.141 e. The Morgan fingerprint density at radius 2 is 2.16 bits per heavy atom. The summed E-state index contributed by atoms with van der Waals surface area (Å²) < 4.78 is 18.5. The van der Waals surface area contributed by atoms with Gasteiger partial charge in [-0.15, -0.1) is 0 Å². The van der Waals surface area contributed by atoms with Crippen LogP contribution in [0.5, 0.6) is 5.75 Å². The molecule has 0 saturated heterocycles. The highest BCUT2D eigenvalue weighted by atomic mass is 19.1. The summed E-state index contributed by atoms with van der Waals surface area (Å²) in [7, 11) is 0. The summed E-state index contributed by atoms with van der Waals surface area (Å²) in [5.74, 6) is 6.00. The molecule has 0 fully saturated rings. The van der Waals surface area contributed by atoms with E-state index in [0.29, 0.717) is 17.9 Å². The number of rotatable bonds is 3. The van der Waals surface area contributed by atoms with Gasteiger partial charge < -0.3 is 10.5 Å². The molecule has 0 radical (unpaired) electrons. The van der Waals surface area contributed by atoms with Crippen LogP contribution >= 0.6 is 0 Å². The van der Waals surface area contributed by atoms with Crippen LogP contribution in [0, 0.1) is 17.7 Å². The zero-order valence-electron chi connectivity index (χ0n) is 10.3. The van der Waals surface area contributed by atoms with Crippen molar-refractivity contribution in [2.75, 3.05) is 6.54 Å². The van der Waals surface area contributed by atoms with Crippen molar-refractivity contribution in [3.63, 3.8) is 0 Å². The predicted molar refractivity (Wildman–Crippen MR) is 70.9 cm³/mol. The molecule has 0 bridgehead atoms. The molecule has 19 heavy (non-hydrogen) atoms. The molecule has 3 nitrogen and oxygen atoms in total. The zero-order chi connectivity index (χ0) is 13.5. The third kappa shape index (κ3) is 4.09. The number of benzene rings is 1. The summed E-state index contributed by atoms with van der Waals surface area (Å²) in [5, 5.41) is 0. The molecule has 2 aromatic rings. The molecule has 0 aliphatic carbocycles. The van der Waals surface area contributed by atoms with Crippen LogP contribution in [0.3, 0.4) is 0 Å². The molecule has 1 heterocycles. The van der Waals surface area contributed by atoms with Gasteiger partial charge in [0.05, 0.1) is 12.7 Å². The fourth-order valence-electron chi connectivity index (χ4n) is 1.52. The number of nitrogens with zero attached hydrogens (tertiary/aromatic N) is 1. The van der Waals surface area contributed by atoms with Gasteiger partial charge in [0.25, 0.3) is 0 Å². The van der Waals surface area contributed by atoms with Gasteiger partial charge in [0, 0.05) is 17.3 Å². The van der Waals surface area contributed by atoms with Crippen molar-refractivity contribution in [2.24, 2.45) is 5.73 Å². The Bertz CT molecular complexity index is 617.